The highest BCUT2D eigenvalue weighted by atomic mass is 16.5. The van der Waals surface area contributed by atoms with Crippen LogP contribution in [0.2, 0.25) is 0 Å². The maximum absolute atomic E-state index is 12.6. The molecular weight excluding hydrogens is 340 g/mol. The minimum Gasteiger partial charge on any atom is -0.497 e. The van der Waals surface area contributed by atoms with Crippen molar-refractivity contribution in [3.8, 4) is 11.5 Å². The number of amides is 1. The summed E-state index contributed by atoms with van der Waals surface area (Å²) in [6, 6.07) is 14.4. The lowest BCUT2D eigenvalue weighted by Crippen LogP contribution is -2.42. The molecule has 0 spiro atoms. The molecule has 0 aromatic heterocycles. The number of methoxy groups -OCH3 is 1. The van der Waals surface area contributed by atoms with Crippen LogP contribution >= 0.6 is 0 Å². The number of fused-ring (bicyclic) bond motifs is 2. The Morgan fingerprint density at radius 2 is 2.07 bits per heavy atom. The molecule has 2 aromatic carbocycles. The van der Waals surface area contributed by atoms with Crippen molar-refractivity contribution < 1.29 is 14.3 Å². The van der Waals surface area contributed by atoms with Crippen molar-refractivity contribution in [1.29, 1.82) is 0 Å². The molecule has 1 amide bonds. The monoisotopic (exact) mass is 366 g/mol. The van der Waals surface area contributed by atoms with E-state index in [2.05, 4.69) is 34.5 Å². The fourth-order valence-electron chi connectivity index (χ4n) is 3.89. The first kappa shape index (κ1) is 17.9. The van der Waals surface area contributed by atoms with Gasteiger partial charge in [-0.2, -0.15) is 0 Å². The molecule has 2 aliphatic heterocycles. The zero-order valence-corrected chi connectivity index (χ0v) is 15.7. The van der Waals surface area contributed by atoms with E-state index in [4.69, 9.17) is 9.47 Å². The Morgan fingerprint density at radius 1 is 1.22 bits per heavy atom. The van der Waals surface area contributed by atoms with Crippen molar-refractivity contribution in [3.05, 3.63) is 59.2 Å². The summed E-state index contributed by atoms with van der Waals surface area (Å²) >= 11 is 0. The fraction of sp³-hybridized carbons (Fsp3) is 0.409. The largest absolute Gasteiger partial charge is 0.497 e. The van der Waals surface area contributed by atoms with E-state index in [1.807, 2.05) is 18.2 Å². The van der Waals surface area contributed by atoms with E-state index in [1.165, 1.54) is 11.1 Å². The molecule has 0 saturated carbocycles. The van der Waals surface area contributed by atoms with Gasteiger partial charge in [-0.1, -0.05) is 24.3 Å². The summed E-state index contributed by atoms with van der Waals surface area (Å²) in [7, 11) is 1.65. The van der Waals surface area contributed by atoms with Crippen LogP contribution in [0.15, 0.2) is 42.5 Å². The number of carbonyl (C=O) groups is 1. The molecule has 0 aliphatic carbocycles. The van der Waals surface area contributed by atoms with E-state index in [9.17, 15) is 4.79 Å². The van der Waals surface area contributed by atoms with E-state index < -0.39 is 0 Å². The van der Waals surface area contributed by atoms with Crippen LogP contribution in [-0.4, -0.2) is 44.2 Å². The highest BCUT2D eigenvalue weighted by Gasteiger charge is 2.26. The van der Waals surface area contributed by atoms with Gasteiger partial charge in [0, 0.05) is 26.2 Å². The van der Waals surface area contributed by atoms with Crippen LogP contribution in [0.4, 0.5) is 0 Å². The predicted molar refractivity (Wildman–Crippen MR) is 104 cm³/mol. The Balaban J connectivity index is 1.26. The first-order chi connectivity index (χ1) is 13.2. The van der Waals surface area contributed by atoms with Crippen molar-refractivity contribution in [2.24, 2.45) is 5.92 Å². The lowest BCUT2D eigenvalue weighted by Gasteiger charge is -2.29. The van der Waals surface area contributed by atoms with E-state index >= 15 is 0 Å². The van der Waals surface area contributed by atoms with Gasteiger partial charge >= 0.3 is 0 Å². The summed E-state index contributed by atoms with van der Waals surface area (Å²) < 4.78 is 11.0. The summed E-state index contributed by atoms with van der Waals surface area (Å²) in [5.74, 6) is 1.57. The quantitative estimate of drug-likeness (QED) is 0.883. The van der Waals surface area contributed by atoms with E-state index in [1.54, 1.807) is 7.11 Å². The topological polar surface area (TPSA) is 50.8 Å². The van der Waals surface area contributed by atoms with Gasteiger partial charge in [-0.15, -0.1) is 0 Å². The average molecular weight is 366 g/mol. The minimum atomic E-state index is -0.147. The van der Waals surface area contributed by atoms with Crippen molar-refractivity contribution in [2.75, 3.05) is 33.4 Å². The van der Waals surface area contributed by atoms with Crippen LogP contribution in [0.25, 0.3) is 0 Å². The van der Waals surface area contributed by atoms with Gasteiger partial charge in [0.15, 0.2) is 0 Å². The molecule has 4 rings (SSSR count). The molecular formula is C22H26N2O3. The third kappa shape index (κ3) is 4.08. The highest BCUT2D eigenvalue weighted by Crippen LogP contribution is 2.30. The Labute approximate surface area is 160 Å². The second kappa shape index (κ2) is 8.01. The van der Waals surface area contributed by atoms with Crippen LogP contribution in [0, 0.1) is 5.92 Å². The van der Waals surface area contributed by atoms with Crippen molar-refractivity contribution in [3.63, 3.8) is 0 Å². The zero-order chi connectivity index (χ0) is 18.6. The van der Waals surface area contributed by atoms with E-state index in [-0.39, 0.29) is 11.8 Å². The molecule has 2 heterocycles. The molecule has 0 bridgehead atoms. The molecule has 2 aromatic rings. The van der Waals surface area contributed by atoms with Crippen molar-refractivity contribution >= 4 is 5.91 Å². The maximum atomic E-state index is 12.6. The van der Waals surface area contributed by atoms with Gasteiger partial charge in [0.1, 0.15) is 18.1 Å². The van der Waals surface area contributed by atoms with Crippen LogP contribution in [0.1, 0.15) is 16.7 Å². The van der Waals surface area contributed by atoms with Gasteiger partial charge in [0.25, 0.3) is 0 Å². The lowest BCUT2D eigenvalue weighted by molar-refractivity contribution is -0.126. The number of benzene rings is 2. The summed E-state index contributed by atoms with van der Waals surface area (Å²) in [5.41, 5.74) is 3.89. The molecule has 0 saturated heterocycles. The number of nitrogens with one attached hydrogen (secondary N) is 1. The van der Waals surface area contributed by atoms with Gasteiger partial charge in [-0.25, -0.2) is 0 Å². The summed E-state index contributed by atoms with van der Waals surface area (Å²) in [6.45, 7) is 3.99. The molecule has 5 nitrogen and oxygen atoms in total. The van der Waals surface area contributed by atoms with Crippen molar-refractivity contribution in [2.45, 2.75) is 19.4 Å². The Morgan fingerprint density at radius 3 is 2.93 bits per heavy atom. The molecule has 5 heteroatoms. The van der Waals surface area contributed by atoms with Crippen molar-refractivity contribution in [1.82, 2.24) is 10.2 Å². The smallest absolute Gasteiger partial charge is 0.226 e. The third-order valence-electron chi connectivity index (χ3n) is 5.48. The van der Waals surface area contributed by atoms with Gasteiger partial charge in [0.05, 0.1) is 13.0 Å². The first-order valence-corrected chi connectivity index (χ1v) is 9.59. The molecule has 27 heavy (non-hydrogen) atoms. The fourth-order valence-corrected chi connectivity index (χ4v) is 3.89. The van der Waals surface area contributed by atoms with Gasteiger partial charge in [0.2, 0.25) is 5.91 Å². The number of nitrogens with zero attached hydrogens (tertiary/aromatic N) is 1. The first-order valence-electron chi connectivity index (χ1n) is 9.59. The Kier molecular flexibility index (Phi) is 5.30. The predicted octanol–water partition coefficient (Wildman–Crippen LogP) is 2.42. The average Bonchev–Trinajstić information content (AvgIpc) is 2.72. The van der Waals surface area contributed by atoms with E-state index in [0.717, 1.165) is 43.1 Å². The number of hydrogen-bond donors (Lipinski definition) is 1. The number of rotatable bonds is 5. The molecule has 0 radical (unpaired) electrons. The molecule has 2 aliphatic rings. The number of hydrogen-bond acceptors (Lipinski definition) is 4. The van der Waals surface area contributed by atoms with Crippen LogP contribution in [0.3, 0.4) is 0 Å². The lowest BCUT2D eigenvalue weighted by atomic mass is 9.96. The molecule has 0 unspecified atom stereocenters. The molecule has 1 atom stereocenters. The van der Waals surface area contributed by atoms with Gasteiger partial charge in [-0.3, -0.25) is 9.69 Å². The molecule has 142 valence electrons. The number of ether oxygens (including phenoxy) is 2. The van der Waals surface area contributed by atoms with E-state index in [0.29, 0.717) is 19.6 Å². The molecule has 0 fully saturated rings. The van der Waals surface area contributed by atoms with Gasteiger partial charge in [-0.05, 0) is 47.7 Å². The zero-order valence-electron chi connectivity index (χ0n) is 15.7. The van der Waals surface area contributed by atoms with Gasteiger partial charge < -0.3 is 14.8 Å². The second-order valence-corrected chi connectivity index (χ2v) is 7.27. The third-order valence-corrected chi connectivity index (χ3v) is 5.48. The minimum absolute atomic E-state index is 0.0703. The Hall–Kier alpha value is -2.53. The standard InChI is InChI=1S/C22H26N2O3/c1-26-20-6-7-21-18(13-20)12-19(15-27-21)22(25)23-9-11-24-10-8-16-4-2-3-5-17(16)14-24/h2-7,13,19H,8-12,14-15H2,1H3,(H,23,25)/t19-/m1/s1. The molecule has 1 N–H and O–H groups in total. The SMILES string of the molecule is COc1ccc2c(c1)C[C@@H](C(=O)NCCN1CCc3ccccc3C1)CO2. The van der Waals surface area contributed by atoms with Crippen LogP contribution in [0.5, 0.6) is 11.5 Å². The normalized spacial score (nSPS) is 18.8. The maximum Gasteiger partial charge on any atom is 0.226 e. The highest BCUT2D eigenvalue weighted by molar-refractivity contribution is 5.79. The summed E-state index contributed by atoms with van der Waals surface area (Å²) in [6.07, 6.45) is 1.77. The second-order valence-electron chi connectivity index (χ2n) is 7.27. The summed E-state index contributed by atoms with van der Waals surface area (Å²) in [4.78, 5) is 15.0. The van der Waals surface area contributed by atoms with Crippen LogP contribution in [-0.2, 0) is 24.2 Å². The Bertz CT molecular complexity index is 821. The summed E-state index contributed by atoms with van der Waals surface area (Å²) in [5, 5.41) is 3.09. The number of carbonyl (C=O) groups excluding carboxylic acids is 1. The van der Waals surface area contributed by atoms with Crippen LogP contribution < -0.4 is 14.8 Å².